The van der Waals surface area contributed by atoms with E-state index in [0.717, 1.165) is 43.0 Å². The van der Waals surface area contributed by atoms with Crippen molar-refractivity contribution < 1.29 is 0 Å². The van der Waals surface area contributed by atoms with Crippen LogP contribution in [0.3, 0.4) is 0 Å². The molecule has 9 heteroatoms. The summed E-state index contributed by atoms with van der Waals surface area (Å²) >= 11 is 1.91. The summed E-state index contributed by atoms with van der Waals surface area (Å²) < 4.78 is 4.44. The maximum absolute atomic E-state index is 12.6. The average Bonchev–Trinajstić information content (AvgIpc) is 3.19. The number of thioether (sulfide) groups is 1. The van der Waals surface area contributed by atoms with E-state index in [4.69, 9.17) is 0 Å². The van der Waals surface area contributed by atoms with E-state index in [9.17, 15) is 9.59 Å². The van der Waals surface area contributed by atoms with Crippen LogP contribution in [0.4, 0.5) is 0 Å². The van der Waals surface area contributed by atoms with Gasteiger partial charge in [-0.1, -0.05) is 18.2 Å². The van der Waals surface area contributed by atoms with Gasteiger partial charge in [-0.3, -0.25) is 18.8 Å². The lowest BCUT2D eigenvalue weighted by molar-refractivity contribution is 0.109. The number of rotatable bonds is 7. The van der Waals surface area contributed by atoms with Crippen molar-refractivity contribution in [1.82, 2.24) is 28.5 Å². The Morgan fingerprint density at radius 2 is 1.67 bits per heavy atom. The predicted molar refractivity (Wildman–Crippen MR) is 120 cm³/mol. The highest BCUT2D eigenvalue weighted by Crippen LogP contribution is 2.18. The first-order valence-electron chi connectivity index (χ1n) is 10.3. The Kier molecular flexibility index (Phi) is 6.40. The Morgan fingerprint density at radius 1 is 0.967 bits per heavy atom. The molecule has 8 nitrogen and oxygen atoms in total. The van der Waals surface area contributed by atoms with E-state index in [-0.39, 0.29) is 11.2 Å². The van der Waals surface area contributed by atoms with Crippen molar-refractivity contribution in [1.29, 1.82) is 0 Å². The fraction of sp³-hybridized carbons (Fsp3) is 0.476. The first-order chi connectivity index (χ1) is 14.5. The minimum atomic E-state index is -0.350. The van der Waals surface area contributed by atoms with E-state index in [1.165, 1.54) is 22.9 Å². The van der Waals surface area contributed by atoms with Crippen LogP contribution in [0.5, 0.6) is 0 Å². The monoisotopic (exact) mass is 428 g/mol. The van der Waals surface area contributed by atoms with Gasteiger partial charge in [0.05, 0.1) is 13.0 Å². The van der Waals surface area contributed by atoms with Crippen LogP contribution in [0.25, 0.3) is 11.2 Å². The van der Waals surface area contributed by atoms with Gasteiger partial charge >= 0.3 is 5.69 Å². The Labute approximate surface area is 179 Å². The Bertz CT molecular complexity index is 1110. The molecule has 3 aromatic rings. The van der Waals surface area contributed by atoms with Gasteiger partial charge in [-0.05, 0) is 30.9 Å². The van der Waals surface area contributed by atoms with Crippen LogP contribution in [0.15, 0.2) is 51.1 Å². The summed E-state index contributed by atoms with van der Waals surface area (Å²) in [6.45, 7) is 5.69. The maximum Gasteiger partial charge on any atom is 0.332 e. The molecule has 0 atom stereocenters. The van der Waals surface area contributed by atoms with E-state index < -0.39 is 0 Å². The standard InChI is InChI=1S/C21H28N6O2S/c1-23-19-18(20(28)24(2)21(23)29)27(15-22-19)16-26-12-10-25(11-13-26)9-6-14-30-17-7-4-3-5-8-17/h3-5,7-8,15H,6,9-14,16H2,1-2H3. The molecule has 0 N–H and O–H groups in total. The fourth-order valence-corrected chi connectivity index (χ4v) is 4.73. The lowest BCUT2D eigenvalue weighted by Crippen LogP contribution is -2.47. The number of fused-ring (bicyclic) bond motifs is 1. The molecule has 0 radical (unpaired) electrons. The van der Waals surface area contributed by atoms with Gasteiger partial charge < -0.3 is 9.47 Å². The van der Waals surface area contributed by atoms with Gasteiger partial charge in [-0.15, -0.1) is 11.8 Å². The number of nitrogens with zero attached hydrogens (tertiary/aromatic N) is 6. The molecular weight excluding hydrogens is 400 g/mol. The van der Waals surface area contributed by atoms with Crippen LogP contribution in [0.2, 0.25) is 0 Å². The molecule has 0 saturated carbocycles. The number of hydrogen-bond acceptors (Lipinski definition) is 6. The van der Waals surface area contributed by atoms with Gasteiger partial charge in [0.25, 0.3) is 5.56 Å². The van der Waals surface area contributed by atoms with Gasteiger partial charge in [0.15, 0.2) is 11.2 Å². The second-order valence-corrected chi connectivity index (χ2v) is 8.88. The molecule has 1 aromatic carbocycles. The summed E-state index contributed by atoms with van der Waals surface area (Å²) in [5, 5.41) is 0. The highest BCUT2D eigenvalue weighted by molar-refractivity contribution is 7.99. The Hall–Kier alpha value is -2.36. The first-order valence-corrected chi connectivity index (χ1v) is 11.3. The number of benzene rings is 1. The molecule has 1 saturated heterocycles. The lowest BCUT2D eigenvalue weighted by atomic mass is 10.3. The zero-order valence-corrected chi connectivity index (χ0v) is 18.3. The highest BCUT2D eigenvalue weighted by atomic mass is 32.2. The van der Waals surface area contributed by atoms with Crippen molar-refractivity contribution in [2.75, 3.05) is 38.5 Å². The minimum absolute atomic E-state index is 0.292. The summed E-state index contributed by atoms with van der Waals surface area (Å²) in [7, 11) is 3.16. The minimum Gasteiger partial charge on any atom is -0.311 e. The van der Waals surface area contributed by atoms with Crippen LogP contribution in [0.1, 0.15) is 6.42 Å². The van der Waals surface area contributed by atoms with Crippen molar-refractivity contribution >= 4 is 22.9 Å². The average molecular weight is 429 g/mol. The van der Waals surface area contributed by atoms with E-state index in [0.29, 0.717) is 17.8 Å². The topological polar surface area (TPSA) is 68.3 Å². The molecule has 30 heavy (non-hydrogen) atoms. The van der Waals surface area contributed by atoms with Crippen molar-refractivity contribution in [2.24, 2.45) is 14.1 Å². The van der Waals surface area contributed by atoms with Crippen LogP contribution in [-0.4, -0.2) is 67.0 Å². The molecule has 3 heterocycles. The summed E-state index contributed by atoms with van der Waals surface area (Å²) in [6.07, 6.45) is 2.84. The first kappa shape index (κ1) is 20.9. The molecule has 0 bridgehead atoms. The molecule has 0 unspecified atom stereocenters. The number of aromatic nitrogens is 4. The zero-order valence-electron chi connectivity index (χ0n) is 17.5. The van der Waals surface area contributed by atoms with Crippen molar-refractivity contribution in [3.63, 3.8) is 0 Å². The van der Waals surface area contributed by atoms with Crippen LogP contribution in [-0.2, 0) is 20.8 Å². The van der Waals surface area contributed by atoms with Gasteiger partial charge in [-0.2, -0.15) is 0 Å². The highest BCUT2D eigenvalue weighted by Gasteiger charge is 2.19. The number of hydrogen-bond donors (Lipinski definition) is 0. The van der Waals surface area contributed by atoms with Crippen LogP contribution in [0, 0.1) is 0 Å². The van der Waals surface area contributed by atoms with Gasteiger partial charge in [0.2, 0.25) is 0 Å². The smallest absolute Gasteiger partial charge is 0.311 e. The third-order valence-corrected chi connectivity index (χ3v) is 6.76. The SMILES string of the molecule is Cn1c(=O)c2c(ncn2CN2CCN(CCCSc3ccccc3)CC2)n(C)c1=O. The molecule has 1 aliphatic heterocycles. The van der Waals surface area contributed by atoms with Crippen LogP contribution >= 0.6 is 11.8 Å². The summed E-state index contributed by atoms with van der Waals surface area (Å²) in [5.41, 5.74) is 0.287. The number of imidazole rings is 1. The molecule has 1 fully saturated rings. The van der Waals surface area contributed by atoms with E-state index in [1.807, 2.05) is 16.3 Å². The number of aryl methyl sites for hydroxylation is 1. The summed E-state index contributed by atoms with van der Waals surface area (Å²) in [6, 6.07) is 10.5. The van der Waals surface area contributed by atoms with E-state index in [2.05, 4.69) is 45.1 Å². The molecule has 0 amide bonds. The van der Waals surface area contributed by atoms with Crippen molar-refractivity contribution in [3.8, 4) is 0 Å². The van der Waals surface area contributed by atoms with Gasteiger partial charge in [0, 0.05) is 45.2 Å². The van der Waals surface area contributed by atoms with E-state index in [1.54, 1.807) is 13.4 Å². The molecule has 160 valence electrons. The molecule has 2 aromatic heterocycles. The quantitative estimate of drug-likeness (QED) is 0.416. The van der Waals surface area contributed by atoms with Gasteiger partial charge in [-0.25, -0.2) is 9.78 Å². The Morgan fingerprint density at radius 3 is 2.40 bits per heavy atom. The second-order valence-electron chi connectivity index (χ2n) is 7.71. The van der Waals surface area contributed by atoms with Crippen molar-refractivity contribution in [2.45, 2.75) is 18.0 Å². The largest absolute Gasteiger partial charge is 0.332 e. The molecule has 0 aliphatic carbocycles. The number of piperazine rings is 1. The van der Waals surface area contributed by atoms with Gasteiger partial charge in [0.1, 0.15) is 0 Å². The molecular formula is C21H28N6O2S. The zero-order chi connectivity index (χ0) is 21.1. The normalized spacial score (nSPS) is 15.8. The second kappa shape index (κ2) is 9.20. The summed E-state index contributed by atoms with van der Waals surface area (Å²) in [5.74, 6) is 1.13. The summed E-state index contributed by atoms with van der Waals surface area (Å²) in [4.78, 5) is 35.2. The molecule has 1 aliphatic rings. The molecule has 4 rings (SSSR count). The van der Waals surface area contributed by atoms with Crippen molar-refractivity contribution in [3.05, 3.63) is 57.5 Å². The van der Waals surface area contributed by atoms with E-state index >= 15 is 0 Å². The van der Waals surface area contributed by atoms with Crippen LogP contribution < -0.4 is 11.2 Å². The predicted octanol–water partition coefficient (Wildman–Crippen LogP) is 1.19. The Balaban J connectivity index is 1.29. The maximum atomic E-state index is 12.6. The third kappa shape index (κ3) is 4.38. The fourth-order valence-electron chi connectivity index (χ4n) is 3.87. The lowest BCUT2D eigenvalue weighted by Gasteiger charge is -2.34. The third-order valence-electron chi connectivity index (χ3n) is 5.67. The molecule has 0 spiro atoms.